The molecule has 130 valence electrons. The molecule has 0 aliphatic carbocycles. The zero-order valence-electron chi connectivity index (χ0n) is 14.5. The number of carbonyl (C=O) groups excluding carboxylic acids is 1. The summed E-state index contributed by atoms with van der Waals surface area (Å²) in [5.74, 6) is -0.110. The van der Waals surface area contributed by atoms with Crippen molar-refractivity contribution in [3.63, 3.8) is 0 Å². The van der Waals surface area contributed by atoms with Crippen LogP contribution in [0.1, 0.15) is 21.7 Å². The molecule has 0 aliphatic heterocycles. The van der Waals surface area contributed by atoms with Gasteiger partial charge in [0, 0.05) is 42.3 Å². The quantitative estimate of drug-likeness (QED) is 0.523. The van der Waals surface area contributed by atoms with Gasteiger partial charge in [-0.25, -0.2) is 9.97 Å². The van der Waals surface area contributed by atoms with Gasteiger partial charge in [-0.2, -0.15) is 5.26 Å². The predicted octanol–water partition coefficient (Wildman–Crippen LogP) is 2.72. The lowest BCUT2D eigenvalue weighted by molar-refractivity contribution is 0.0992. The highest BCUT2D eigenvalue weighted by molar-refractivity contribution is 5.98. The lowest BCUT2D eigenvalue weighted by atomic mass is 10.0. The highest BCUT2D eigenvalue weighted by atomic mass is 16.1. The number of hydrogen-bond acceptors (Lipinski definition) is 6. The number of rotatable bonds is 4. The molecule has 0 saturated heterocycles. The minimum absolute atomic E-state index is 0.110. The van der Waals surface area contributed by atoms with Crippen LogP contribution in [0.3, 0.4) is 0 Å². The van der Waals surface area contributed by atoms with Crippen molar-refractivity contribution < 1.29 is 4.79 Å². The van der Waals surface area contributed by atoms with Crippen LogP contribution in [0.4, 0.5) is 0 Å². The van der Waals surface area contributed by atoms with E-state index in [0.29, 0.717) is 11.3 Å². The summed E-state index contributed by atoms with van der Waals surface area (Å²) in [5, 5.41) is 10.8. The Labute approximate surface area is 155 Å². The van der Waals surface area contributed by atoms with Crippen LogP contribution >= 0.6 is 0 Å². The third-order valence-electron chi connectivity index (χ3n) is 4.28. The third-order valence-corrected chi connectivity index (χ3v) is 4.28. The molecule has 0 N–H and O–H groups in total. The molecule has 4 heterocycles. The monoisotopic (exact) mass is 354 g/mol. The Morgan fingerprint density at radius 2 is 1.96 bits per heavy atom. The van der Waals surface area contributed by atoms with Gasteiger partial charge >= 0.3 is 0 Å². The van der Waals surface area contributed by atoms with Crippen molar-refractivity contribution in [1.29, 1.82) is 5.26 Å². The molecule has 27 heavy (non-hydrogen) atoms. The van der Waals surface area contributed by atoms with E-state index < -0.39 is 0 Å². The lowest BCUT2D eigenvalue weighted by Gasteiger charge is -2.06. The number of fused-ring (bicyclic) bond motifs is 1. The van der Waals surface area contributed by atoms with Gasteiger partial charge in [-0.1, -0.05) is 0 Å². The fourth-order valence-corrected chi connectivity index (χ4v) is 2.86. The summed E-state index contributed by atoms with van der Waals surface area (Å²) >= 11 is 0. The van der Waals surface area contributed by atoms with E-state index in [-0.39, 0.29) is 17.9 Å². The lowest BCUT2D eigenvalue weighted by Crippen LogP contribution is -2.06. The van der Waals surface area contributed by atoms with Gasteiger partial charge in [0.25, 0.3) is 0 Å². The minimum Gasteiger partial charge on any atom is -0.332 e. The maximum Gasteiger partial charge on any atom is 0.168 e. The Hall–Kier alpha value is -3.92. The molecule has 0 atom stereocenters. The average molecular weight is 354 g/mol. The fraction of sp³-hybridized carbons (Fsp3) is 0.100. The summed E-state index contributed by atoms with van der Waals surface area (Å²) < 4.78 is 1.90. The smallest absolute Gasteiger partial charge is 0.168 e. The number of imidazole rings is 1. The molecule has 0 fully saturated rings. The number of ketones is 1. The van der Waals surface area contributed by atoms with Crippen LogP contribution in [0.15, 0.2) is 55.4 Å². The molecule has 7 nitrogen and oxygen atoms in total. The fourth-order valence-electron chi connectivity index (χ4n) is 2.86. The van der Waals surface area contributed by atoms with Crippen molar-refractivity contribution >= 4 is 16.6 Å². The van der Waals surface area contributed by atoms with Crippen LogP contribution in [-0.4, -0.2) is 30.3 Å². The Morgan fingerprint density at radius 1 is 1.11 bits per heavy atom. The molecule has 0 spiro atoms. The van der Waals surface area contributed by atoms with Gasteiger partial charge < -0.3 is 4.57 Å². The van der Waals surface area contributed by atoms with Crippen molar-refractivity contribution in [2.75, 3.05) is 0 Å². The van der Waals surface area contributed by atoms with Crippen molar-refractivity contribution in [3.05, 3.63) is 72.3 Å². The van der Waals surface area contributed by atoms with E-state index in [9.17, 15) is 4.79 Å². The molecule has 4 rings (SSSR count). The van der Waals surface area contributed by atoms with E-state index in [1.54, 1.807) is 31.0 Å². The normalized spacial score (nSPS) is 10.7. The van der Waals surface area contributed by atoms with E-state index in [4.69, 9.17) is 5.26 Å². The summed E-state index contributed by atoms with van der Waals surface area (Å²) in [6.07, 6.45) is 8.57. The Morgan fingerprint density at radius 3 is 2.74 bits per heavy atom. The number of Topliss-reactive ketones (excluding diaryl/α,β-unsaturated/α-hetero) is 1. The molecule has 0 radical (unpaired) electrons. The van der Waals surface area contributed by atoms with E-state index in [1.807, 2.05) is 29.8 Å². The molecular formula is C20H14N6O. The SMILES string of the molecule is Cn1cncc1-c1cc2cc(CC(=O)c3ccnc(C#N)c3)ncc2cn1. The topological polar surface area (TPSA) is 97.3 Å². The molecule has 4 aromatic heterocycles. The van der Waals surface area contributed by atoms with Crippen LogP contribution in [-0.2, 0) is 13.5 Å². The molecule has 0 aromatic carbocycles. The zero-order valence-corrected chi connectivity index (χ0v) is 14.5. The van der Waals surface area contributed by atoms with Crippen LogP contribution in [0.25, 0.3) is 22.2 Å². The largest absolute Gasteiger partial charge is 0.332 e. The molecule has 7 heteroatoms. The Kier molecular flexibility index (Phi) is 4.15. The molecular weight excluding hydrogens is 340 g/mol. The van der Waals surface area contributed by atoms with Gasteiger partial charge in [-0.05, 0) is 29.7 Å². The third kappa shape index (κ3) is 3.28. The van der Waals surface area contributed by atoms with Gasteiger partial charge in [0.05, 0.1) is 30.3 Å². The van der Waals surface area contributed by atoms with E-state index in [0.717, 1.165) is 22.2 Å². The van der Waals surface area contributed by atoms with Gasteiger partial charge in [-0.3, -0.25) is 14.8 Å². The minimum atomic E-state index is -0.110. The summed E-state index contributed by atoms with van der Waals surface area (Å²) in [7, 11) is 1.91. The summed E-state index contributed by atoms with van der Waals surface area (Å²) in [6.45, 7) is 0. The molecule has 0 bridgehead atoms. The number of nitrogens with zero attached hydrogens (tertiary/aromatic N) is 6. The summed E-state index contributed by atoms with van der Waals surface area (Å²) in [4.78, 5) is 29.4. The highest BCUT2D eigenvalue weighted by Gasteiger charge is 2.11. The summed E-state index contributed by atoms with van der Waals surface area (Å²) in [6, 6.07) is 8.89. The zero-order chi connectivity index (χ0) is 18.8. The van der Waals surface area contributed by atoms with Gasteiger partial charge in [-0.15, -0.1) is 0 Å². The second-order valence-corrected chi connectivity index (χ2v) is 6.12. The first-order valence-electron chi connectivity index (χ1n) is 8.25. The van der Waals surface area contributed by atoms with Crippen molar-refractivity contribution in [1.82, 2.24) is 24.5 Å². The first-order chi connectivity index (χ1) is 13.1. The highest BCUT2D eigenvalue weighted by Crippen LogP contribution is 2.22. The molecule has 0 saturated carbocycles. The maximum atomic E-state index is 12.5. The number of pyridine rings is 3. The standard InChI is InChI=1S/C20H14N6O/c1-26-12-22-11-19(26)18-6-14-5-16(24-9-15(14)10-25-18)7-20(27)13-2-3-23-17(4-13)8-21/h2-6,9-12H,7H2,1H3. The van der Waals surface area contributed by atoms with Crippen molar-refractivity contribution in [3.8, 4) is 17.5 Å². The molecule has 0 aliphatic rings. The van der Waals surface area contributed by atoms with E-state index in [2.05, 4.69) is 19.9 Å². The van der Waals surface area contributed by atoms with Crippen LogP contribution < -0.4 is 0 Å². The number of hydrogen-bond donors (Lipinski definition) is 0. The first-order valence-corrected chi connectivity index (χ1v) is 8.25. The average Bonchev–Trinajstić information content (AvgIpc) is 3.13. The molecule has 0 amide bonds. The summed E-state index contributed by atoms with van der Waals surface area (Å²) in [5.41, 5.74) is 3.05. The van der Waals surface area contributed by atoms with Crippen LogP contribution in [0, 0.1) is 11.3 Å². The van der Waals surface area contributed by atoms with Crippen molar-refractivity contribution in [2.45, 2.75) is 6.42 Å². The van der Waals surface area contributed by atoms with Crippen LogP contribution in [0.2, 0.25) is 0 Å². The molecule has 4 aromatic rings. The van der Waals surface area contributed by atoms with Gasteiger partial charge in [0.1, 0.15) is 11.8 Å². The predicted molar refractivity (Wildman–Crippen MR) is 98.7 cm³/mol. The van der Waals surface area contributed by atoms with Crippen LogP contribution in [0.5, 0.6) is 0 Å². The maximum absolute atomic E-state index is 12.5. The molecule has 0 unspecified atom stereocenters. The second kappa shape index (κ2) is 6.77. The van der Waals surface area contributed by atoms with Gasteiger partial charge in [0.2, 0.25) is 0 Å². The number of aryl methyl sites for hydroxylation is 1. The van der Waals surface area contributed by atoms with Crippen molar-refractivity contribution in [2.24, 2.45) is 7.05 Å². The van der Waals surface area contributed by atoms with E-state index in [1.165, 1.54) is 12.3 Å². The van der Waals surface area contributed by atoms with Gasteiger partial charge in [0.15, 0.2) is 5.78 Å². The second-order valence-electron chi connectivity index (χ2n) is 6.12. The Bertz CT molecular complexity index is 1200. The number of nitriles is 1. The number of carbonyl (C=O) groups is 1. The Balaban J connectivity index is 1.65. The van der Waals surface area contributed by atoms with E-state index >= 15 is 0 Å². The number of aromatic nitrogens is 5. The first kappa shape index (κ1) is 16.5.